The molecule has 0 saturated carbocycles. The standard InChI is InChI=1S/C15H18N2O2S/c1-11(13-3-2-7-19-13)16-15(18)10-17-6-4-14-12(9-17)5-8-20-14/h2-3,5,7-8,11H,4,6,9-10H2,1H3,(H,16,18)/t11-/m0/s1. The van der Waals surface area contributed by atoms with Gasteiger partial charge in [-0.1, -0.05) is 0 Å². The maximum absolute atomic E-state index is 12.1. The van der Waals surface area contributed by atoms with Gasteiger partial charge in [-0.05, 0) is 42.5 Å². The maximum atomic E-state index is 12.1. The molecule has 0 saturated heterocycles. The van der Waals surface area contributed by atoms with Crippen molar-refractivity contribution in [1.29, 1.82) is 0 Å². The highest BCUT2D eigenvalue weighted by atomic mass is 32.1. The molecule has 0 fully saturated rings. The third kappa shape index (κ3) is 2.94. The van der Waals surface area contributed by atoms with Gasteiger partial charge in [0, 0.05) is 18.0 Å². The van der Waals surface area contributed by atoms with Crippen LogP contribution in [0.4, 0.5) is 0 Å². The summed E-state index contributed by atoms with van der Waals surface area (Å²) in [6.45, 7) is 4.21. The lowest BCUT2D eigenvalue weighted by Crippen LogP contribution is -2.40. The molecule has 106 valence electrons. The van der Waals surface area contributed by atoms with Gasteiger partial charge in [0.05, 0.1) is 18.8 Å². The van der Waals surface area contributed by atoms with Crippen molar-refractivity contribution in [3.63, 3.8) is 0 Å². The Labute approximate surface area is 122 Å². The van der Waals surface area contributed by atoms with Crippen LogP contribution in [0.15, 0.2) is 34.3 Å². The second-order valence-corrected chi connectivity index (χ2v) is 6.13. The predicted octanol–water partition coefficient (Wildman–Crippen LogP) is 2.58. The van der Waals surface area contributed by atoms with Gasteiger partial charge in [-0.15, -0.1) is 11.3 Å². The number of carbonyl (C=O) groups excluding carboxylic acids is 1. The van der Waals surface area contributed by atoms with Gasteiger partial charge in [0.2, 0.25) is 5.91 Å². The number of rotatable bonds is 4. The van der Waals surface area contributed by atoms with Crippen LogP contribution in [-0.4, -0.2) is 23.9 Å². The lowest BCUT2D eigenvalue weighted by molar-refractivity contribution is -0.123. The van der Waals surface area contributed by atoms with Crippen LogP contribution in [0, 0.1) is 0 Å². The molecule has 0 aromatic carbocycles. The molecular formula is C15H18N2O2S. The van der Waals surface area contributed by atoms with Gasteiger partial charge in [-0.3, -0.25) is 9.69 Å². The van der Waals surface area contributed by atoms with Gasteiger partial charge in [0.25, 0.3) is 0 Å². The van der Waals surface area contributed by atoms with Crippen LogP contribution >= 0.6 is 11.3 Å². The molecule has 3 rings (SSSR count). The van der Waals surface area contributed by atoms with E-state index in [-0.39, 0.29) is 11.9 Å². The van der Waals surface area contributed by atoms with E-state index in [1.165, 1.54) is 10.4 Å². The van der Waals surface area contributed by atoms with E-state index in [0.29, 0.717) is 6.54 Å². The van der Waals surface area contributed by atoms with Gasteiger partial charge in [-0.2, -0.15) is 0 Å². The highest BCUT2D eigenvalue weighted by Gasteiger charge is 2.20. The van der Waals surface area contributed by atoms with Crippen molar-refractivity contribution in [2.24, 2.45) is 0 Å². The van der Waals surface area contributed by atoms with Crippen molar-refractivity contribution in [2.45, 2.75) is 25.9 Å². The molecule has 1 aliphatic rings. The molecule has 5 heteroatoms. The third-order valence-corrected chi connectivity index (χ3v) is 4.62. The highest BCUT2D eigenvalue weighted by Crippen LogP contribution is 2.23. The molecule has 0 aliphatic carbocycles. The molecule has 1 amide bonds. The smallest absolute Gasteiger partial charge is 0.234 e. The number of hydrogen-bond donors (Lipinski definition) is 1. The van der Waals surface area contributed by atoms with Gasteiger partial charge in [-0.25, -0.2) is 0 Å². The third-order valence-electron chi connectivity index (χ3n) is 3.60. The molecule has 2 aromatic heterocycles. The van der Waals surface area contributed by atoms with Gasteiger partial charge < -0.3 is 9.73 Å². The number of furan rings is 1. The Hall–Kier alpha value is -1.59. The molecule has 20 heavy (non-hydrogen) atoms. The zero-order valence-electron chi connectivity index (χ0n) is 11.5. The molecule has 1 aliphatic heterocycles. The number of thiophene rings is 1. The Morgan fingerprint density at radius 2 is 2.45 bits per heavy atom. The Bertz CT molecular complexity index is 576. The van der Waals surface area contributed by atoms with Crippen LogP contribution in [0.2, 0.25) is 0 Å². The van der Waals surface area contributed by atoms with Crippen LogP contribution < -0.4 is 5.32 Å². The normalized spacial score (nSPS) is 16.6. The molecule has 0 radical (unpaired) electrons. The largest absolute Gasteiger partial charge is 0.467 e. The number of amides is 1. The number of carbonyl (C=O) groups is 1. The van der Waals surface area contributed by atoms with Crippen LogP contribution in [0.25, 0.3) is 0 Å². The van der Waals surface area contributed by atoms with E-state index in [4.69, 9.17) is 4.42 Å². The second kappa shape index (κ2) is 5.81. The van der Waals surface area contributed by atoms with Crippen LogP contribution in [-0.2, 0) is 17.8 Å². The average Bonchev–Trinajstić information content (AvgIpc) is 3.09. The van der Waals surface area contributed by atoms with Crippen molar-refractivity contribution in [1.82, 2.24) is 10.2 Å². The molecule has 1 N–H and O–H groups in total. The van der Waals surface area contributed by atoms with E-state index in [9.17, 15) is 4.79 Å². The zero-order chi connectivity index (χ0) is 13.9. The first-order valence-corrected chi connectivity index (χ1v) is 7.70. The van der Waals surface area contributed by atoms with E-state index in [1.54, 1.807) is 6.26 Å². The summed E-state index contributed by atoms with van der Waals surface area (Å²) in [5.74, 6) is 0.838. The van der Waals surface area contributed by atoms with Crippen molar-refractivity contribution in [3.05, 3.63) is 46.0 Å². The minimum Gasteiger partial charge on any atom is -0.467 e. The van der Waals surface area contributed by atoms with E-state index in [2.05, 4.69) is 21.7 Å². The quantitative estimate of drug-likeness (QED) is 0.941. The van der Waals surface area contributed by atoms with Gasteiger partial charge in [0.1, 0.15) is 5.76 Å². The molecule has 0 spiro atoms. The minimum atomic E-state index is -0.0843. The predicted molar refractivity (Wildman–Crippen MR) is 78.6 cm³/mol. The summed E-state index contributed by atoms with van der Waals surface area (Å²) in [5, 5.41) is 5.11. The number of hydrogen-bond acceptors (Lipinski definition) is 4. The lowest BCUT2D eigenvalue weighted by Gasteiger charge is -2.26. The monoisotopic (exact) mass is 290 g/mol. The number of nitrogens with one attached hydrogen (secondary N) is 1. The van der Waals surface area contributed by atoms with Crippen LogP contribution in [0.3, 0.4) is 0 Å². The van der Waals surface area contributed by atoms with E-state index < -0.39 is 0 Å². The fraction of sp³-hybridized carbons (Fsp3) is 0.400. The zero-order valence-corrected chi connectivity index (χ0v) is 12.3. The maximum Gasteiger partial charge on any atom is 0.234 e. The van der Waals surface area contributed by atoms with E-state index in [1.807, 2.05) is 30.4 Å². The fourth-order valence-electron chi connectivity index (χ4n) is 2.54. The Kier molecular flexibility index (Phi) is 3.89. The molecule has 2 aromatic rings. The summed E-state index contributed by atoms with van der Waals surface area (Å²) < 4.78 is 5.30. The van der Waals surface area contributed by atoms with Gasteiger partial charge in [0.15, 0.2) is 0 Å². The van der Waals surface area contributed by atoms with Crippen molar-refractivity contribution < 1.29 is 9.21 Å². The molecule has 1 atom stereocenters. The highest BCUT2D eigenvalue weighted by molar-refractivity contribution is 7.10. The lowest BCUT2D eigenvalue weighted by atomic mass is 10.1. The topological polar surface area (TPSA) is 45.5 Å². The molecule has 0 bridgehead atoms. The summed E-state index contributed by atoms with van der Waals surface area (Å²) in [4.78, 5) is 15.7. The van der Waals surface area contributed by atoms with Crippen molar-refractivity contribution >= 4 is 17.2 Å². The SMILES string of the molecule is C[C@H](NC(=O)CN1CCc2sccc2C1)c1ccco1. The van der Waals surface area contributed by atoms with Crippen molar-refractivity contribution in [3.8, 4) is 0 Å². The minimum absolute atomic E-state index is 0.0487. The Morgan fingerprint density at radius 1 is 1.55 bits per heavy atom. The first kappa shape index (κ1) is 13.4. The summed E-state index contributed by atoms with van der Waals surface area (Å²) >= 11 is 1.82. The number of fused-ring (bicyclic) bond motifs is 1. The van der Waals surface area contributed by atoms with Crippen LogP contribution in [0.1, 0.15) is 29.2 Å². The molecule has 0 unspecified atom stereocenters. The average molecular weight is 290 g/mol. The Morgan fingerprint density at radius 3 is 3.25 bits per heavy atom. The van der Waals surface area contributed by atoms with E-state index in [0.717, 1.165) is 25.3 Å². The van der Waals surface area contributed by atoms with Crippen LogP contribution in [0.5, 0.6) is 0 Å². The number of nitrogens with zero attached hydrogens (tertiary/aromatic N) is 1. The first-order chi connectivity index (χ1) is 9.72. The summed E-state index contributed by atoms with van der Waals surface area (Å²) in [6.07, 6.45) is 2.68. The summed E-state index contributed by atoms with van der Waals surface area (Å²) in [6, 6.07) is 5.79. The fourth-order valence-corrected chi connectivity index (χ4v) is 3.43. The molecule has 4 nitrogen and oxygen atoms in total. The summed E-state index contributed by atoms with van der Waals surface area (Å²) in [5.41, 5.74) is 1.37. The second-order valence-electron chi connectivity index (χ2n) is 5.13. The summed E-state index contributed by atoms with van der Waals surface area (Å²) in [7, 11) is 0. The van der Waals surface area contributed by atoms with E-state index >= 15 is 0 Å². The molecular weight excluding hydrogens is 272 g/mol. The van der Waals surface area contributed by atoms with Crippen molar-refractivity contribution in [2.75, 3.05) is 13.1 Å². The van der Waals surface area contributed by atoms with Gasteiger partial charge >= 0.3 is 0 Å². The molecule has 3 heterocycles. The first-order valence-electron chi connectivity index (χ1n) is 6.83. The Balaban J connectivity index is 1.52.